The van der Waals surface area contributed by atoms with Gasteiger partial charge in [0.1, 0.15) is 0 Å². The highest BCUT2D eigenvalue weighted by Gasteiger charge is 2.33. The first kappa shape index (κ1) is 20.3. The molecule has 8 heteroatoms. The lowest BCUT2D eigenvalue weighted by Gasteiger charge is -2.38. The molecule has 1 saturated carbocycles. The van der Waals surface area contributed by atoms with Gasteiger partial charge in [0.2, 0.25) is 0 Å². The van der Waals surface area contributed by atoms with Crippen LogP contribution in [0.3, 0.4) is 0 Å². The van der Waals surface area contributed by atoms with E-state index in [1.165, 1.54) is 18.4 Å². The fourth-order valence-electron chi connectivity index (χ4n) is 4.24. The molecule has 1 aromatic heterocycles. The molecule has 7 nitrogen and oxygen atoms in total. The molecule has 1 saturated heterocycles. The number of carbonyl (C=O) groups is 1. The molecule has 0 spiro atoms. The predicted molar refractivity (Wildman–Crippen MR) is 111 cm³/mol. The summed E-state index contributed by atoms with van der Waals surface area (Å²) < 4.78 is 1.60. The van der Waals surface area contributed by atoms with Gasteiger partial charge in [-0.1, -0.05) is 41.8 Å². The summed E-state index contributed by atoms with van der Waals surface area (Å²) in [6.45, 7) is 2.82. The molecule has 2 aliphatic rings. The minimum Gasteiger partial charge on any atom is -0.388 e. The van der Waals surface area contributed by atoms with Crippen molar-refractivity contribution in [1.82, 2.24) is 25.2 Å². The zero-order chi connectivity index (χ0) is 20.3. The van der Waals surface area contributed by atoms with Crippen molar-refractivity contribution >= 4 is 17.5 Å². The SMILES string of the molecule is O=C(NC1CCCC1)c1cn(CC2(O)CCN(Cc3ccc(Cl)cc3)CC2)nn1. The number of piperidine rings is 1. The Kier molecular flexibility index (Phi) is 6.18. The van der Waals surface area contributed by atoms with Crippen LogP contribution in [0.2, 0.25) is 5.02 Å². The number of halogens is 1. The van der Waals surface area contributed by atoms with Gasteiger partial charge in [0, 0.05) is 30.7 Å². The number of amides is 1. The van der Waals surface area contributed by atoms with E-state index in [-0.39, 0.29) is 11.9 Å². The molecular weight excluding hydrogens is 390 g/mol. The molecule has 2 fully saturated rings. The molecule has 0 unspecified atom stereocenters. The van der Waals surface area contributed by atoms with Gasteiger partial charge in [-0.3, -0.25) is 9.69 Å². The van der Waals surface area contributed by atoms with Gasteiger partial charge in [-0.2, -0.15) is 0 Å². The average Bonchev–Trinajstić information content (AvgIpc) is 3.38. The highest BCUT2D eigenvalue weighted by molar-refractivity contribution is 6.30. The molecule has 2 heterocycles. The minimum atomic E-state index is -0.830. The van der Waals surface area contributed by atoms with E-state index >= 15 is 0 Å². The number of nitrogens with zero attached hydrogens (tertiary/aromatic N) is 4. The number of aliphatic hydroxyl groups is 1. The number of hydrogen-bond acceptors (Lipinski definition) is 5. The monoisotopic (exact) mass is 417 g/mol. The normalized spacial score (nSPS) is 20.1. The van der Waals surface area contributed by atoms with Crippen LogP contribution < -0.4 is 5.32 Å². The van der Waals surface area contributed by atoms with Gasteiger partial charge in [-0.15, -0.1) is 5.10 Å². The Morgan fingerprint density at radius 1 is 1.21 bits per heavy atom. The van der Waals surface area contributed by atoms with E-state index in [1.54, 1.807) is 10.9 Å². The molecule has 29 heavy (non-hydrogen) atoms. The number of benzene rings is 1. The summed E-state index contributed by atoms with van der Waals surface area (Å²) in [5.74, 6) is -0.173. The second-order valence-corrected chi connectivity index (χ2v) is 8.82. The zero-order valence-electron chi connectivity index (χ0n) is 16.6. The lowest BCUT2D eigenvalue weighted by molar-refractivity contribution is -0.0383. The Bertz CT molecular complexity index is 824. The van der Waals surface area contributed by atoms with Gasteiger partial charge < -0.3 is 10.4 Å². The predicted octanol–water partition coefficient (Wildman–Crippen LogP) is 2.63. The van der Waals surface area contributed by atoms with Crippen molar-refractivity contribution in [1.29, 1.82) is 0 Å². The molecule has 2 aromatic rings. The van der Waals surface area contributed by atoms with Crippen molar-refractivity contribution in [2.45, 2.75) is 63.3 Å². The standard InChI is InChI=1S/C21H28ClN5O2/c22-17-7-5-16(6-8-17)13-26-11-9-21(29,10-12-26)15-27-14-19(24-25-27)20(28)23-18-3-1-2-4-18/h5-8,14,18,29H,1-4,9-13,15H2,(H,23,28). The first-order chi connectivity index (χ1) is 14.0. The fourth-order valence-corrected chi connectivity index (χ4v) is 4.37. The Morgan fingerprint density at radius 3 is 2.59 bits per heavy atom. The lowest BCUT2D eigenvalue weighted by atomic mass is 9.91. The Balaban J connectivity index is 1.28. The number of nitrogens with one attached hydrogen (secondary N) is 1. The highest BCUT2D eigenvalue weighted by atomic mass is 35.5. The van der Waals surface area contributed by atoms with Gasteiger partial charge in [-0.25, -0.2) is 4.68 Å². The van der Waals surface area contributed by atoms with Crippen LogP contribution in [0.5, 0.6) is 0 Å². The first-order valence-corrected chi connectivity index (χ1v) is 10.8. The van der Waals surface area contributed by atoms with Crippen LogP contribution >= 0.6 is 11.6 Å². The summed E-state index contributed by atoms with van der Waals surface area (Å²) in [5, 5.41) is 22.8. The quantitative estimate of drug-likeness (QED) is 0.754. The van der Waals surface area contributed by atoms with Gasteiger partial charge in [0.05, 0.1) is 18.3 Å². The van der Waals surface area contributed by atoms with Crippen LogP contribution in [0.25, 0.3) is 0 Å². The third kappa shape index (κ3) is 5.35. The van der Waals surface area contributed by atoms with E-state index in [1.807, 2.05) is 24.3 Å². The Labute approximate surface area is 176 Å². The fraction of sp³-hybridized carbons (Fsp3) is 0.571. The summed E-state index contributed by atoms with van der Waals surface area (Å²) >= 11 is 5.95. The molecule has 0 radical (unpaired) electrons. The number of hydrogen-bond donors (Lipinski definition) is 2. The summed E-state index contributed by atoms with van der Waals surface area (Å²) in [6.07, 6.45) is 7.36. The molecule has 0 atom stereocenters. The van der Waals surface area contributed by atoms with Gasteiger partial charge >= 0.3 is 0 Å². The maximum Gasteiger partial charge on any atom is 0.273 e. The second kappa shape index (κ2) is 8.81. The van der Waals surface area contributed by atoms with Gasteiger partial charge in [0.15, 0.2) is 5.69 Å². The Hall–Kier alpha value is -1.96. The summed E-state index contributed by atoms with van der Waals surface area (Å²) in [6, 6.07) is 8.14. The van der Waals surface area contributed by atoms with Crippen LogP contribution in [0, 0.1) is 0 Å². The molecule has 0 bridgehead atoms. The van der Waals surface area contributed by atoms with Crippen molar-refractivity contribution in [3.63, 3.8) is 0 Å². The van der Waals surface area contributed by atoms with Crippen LogP contribution in [0.1, 0.15) is 54.6 Å². The Morgan fingerprint density at radius 2 is 1.90 bits per heavy atom. The third-order valence-electron chi connectivity index (χ3n) is 6.02. The topological polar surface area (TPSA) is 83.3 Å². The zero-order valence-corrected chi connectivity index (χ0v) is 17.3. The van der Waals surface area contributed by atoms with Crippen molar-refractivity contribution in [3.8, 4) is 0 Å². The molecule has 1 aliphatic carbocycles. The van der Waals surface area contributed by atoms with E-state index < -0.39 is 5.60 Å². The highest BCUT2D eigenvalue weighted by Crippen LogP contribution is 2.25. The average molecular weight is 418 g/mol. The van der Waals surface area contributed by atoms with Gasteiger partial charge in [-0.05, 0) is 43.4 Å². The lowest BCUT2D eigenvalue weighted by Crippen LogP contribution is -2.46. The smallest absolute Gasteiger partial charge is 0.273 e. The van der Waals surface area contributed by atoms with Crippen LogP contribution in [0.4, 0.5) is 0 Å². The summed E-state index contributed by atoms with van der Waals surface area (Å²) in [4.78, 5) is 14.7. The molecule has 1 aliphatic heterocycles. The summed E-state index contributed by atoms with van der Waals surface area (Å²) in [7, 11) is 0. The van der Waals surface area contributed by atoms with Crippen molar-refractivity contribution < 1.29 is 9.90 Å². The first-order valence-electron chi connectivity index (χ1n) is 10.4. The van der Waals surface area contributed by atoms with E-state index in [9.17, 15) is 9.90 Å². The van der Waals surface area contributed by atoms with Crippen LogP contribution in [-0.2, 0) is 13.1 Å². The minimum absolute atomic E-state index is 0.173. The number of rotatable bonds is 6. The maximum atomic E-state index is 12.3. The molecule has 4 rings (SSSR count). The van der Waals surface area contributed by atoms with E-state index in [4.69, 9.17) is 11.6 Å². The molecular formula is C21H28ClN5O2. The van der Waals surface area contributed by atoms with Crippen molar-refractivity contribution in [2.24, 2.45) is 0 Å². The van der Waals surface area contributed by atoms with Crippen molar-refractivity contribution in [2.75, 3.05) is 13.1 Å². The van der Waals surface area contributed by atoms with Crippen LogP contribution in [-0.4, -0.2) is 55.6 Å². The molecule has 156 valence electrons. The van der Waals surface area contributed by atoms with Crippen molar-refractivity contribution in [3.05, 3.63) is 46.7 Å². The molecule has 1 amide bonds. The van der Waals surface area contributed by atoms with Gasteiger partial charge in [0.25, 0.3) is 5.91 Å². The summed E-state index contributed by atoms with van der Waals surface area (Å²) in [5.41, 5.74) is 0.707. The van der Waals surface area contributed by atoms with E-state index in [0.29, 0.717) is 25.1 Å². The van der Waals surface area contributed by atoms with E-state index in [2.05, 4.69) is 20.5 Å². The number of aromatic nitrogens is 3. The number of carbonyl (C=O) groups excluding carboxylic acids is 1. The maximum absolute atomic E-state index is 12.3. The second-order valence-electron chi connectivity index (χ2n) is 8.38. The number of likely N-dealkylation sites (tertiary alicyclic amines) is 1. The third-order valence-corrected chi connectivity index (χ3v) is 6.28. The largest absolute Gasteiger partial charge is 0.388 e. The van der Waals surface area contributed by atoms with Crippen LogP contribution in [0.15, 0.2) is 30.5 Å². The molecule has 2 N–H and O–H groups in total. The molecule has 1 aromatic carbocycles. The van der Waals surface area contributed by atoms with E-state index in [0.717, 1.165) is 37.5 Å².